The Bertz CT molecular complexity index is 1040. The molecule has 1 aromatic carbocycles. The van der Waals surface area contributed by atoms with E-state index in [1.807, 2.05) is 48.5 Å². The fraction of sp³-hybridized carbons (Fsp3) is 0.0500. The lowest BCUT2D eigenvalue weighted by Gasteiger charge is -2.11. The van der Waals surface area contributed by atoms with E-state index in [0.717, 1.165) is 33.2 Å². The summed E-state index contributed by atoms with van der Waals surface area (Å²) in [6.07, 6.45) is 7.53. The minimum Gasteiger partial charge on any atom is -0.321 e. The van der Waals surface area contributed by atoms with Gasteiger partial charge in [0.15, 0.2) is 0 Å². The van der Waals surface area contributed by atoms with Gasteiger partial charge in [0.25, 0.3) is 5.56 Å². The third-order valence-electron chi connectivity index (χ3n) is 4.13. The zero-order chi connectivity index (χ0) is 16.4. The third-order valence-corrected chi connectivity index (χ3v) is 4.13. The van der Waals surface area contributed by atoms with Gasteiger partial charge in [0.1, 0.15) is 0 Å². The third kappa shape index (κ3) is 2.58. The normalized spacial score (nSPS) is 10.8. The van der Waals surface area contributed by atoms with Crippen LogP contribution in [0.25, 0.3) is 22.0 Å². The molecule has 4 rings (SSSR count). The number of rotatable bonds is 3. The molecule has 4 aromatic rings. The molecule has 0 saturated carbocycles. The van der Waals surface area contributed by atoms with Crippen molar-refractivity contribution in [1.29, 1.82) is 0 Å². The molecule has 0 amide bonds. The summed E-state index contributed by atoms with van der Waals surface area (Å²) < 4.78 is 0. The van der Waals surface area contributed by atoms with Crippen LogP contribution in [0, 0.1) is 0 Å². The van der Waals surface area contributed by atoms with E-state index in [1.54, 1.807) is 24.8 Å². The van der Waals surface area contributed by atoms with Gasteiger partial charge in [0.2, 0.25) is 0 Å². The number of pyridine rings is 3. The van der Waals surface area contributed by atoms with Crippen LogP contribution in [0.1, 0.15) is 11.1 Å². The predicted molar refractivity (Wildman–Crippen MR) is 94.8 cm³/mol. The van der Waals surface area contributed by atoms with Crippen molar-refractivity contribution in [3.63, 3.8) is 0 Å². The molecule has 0 saturated heterocycles. The molecular weight excluding hydrogens is 298 g/mol. The second-order valence-corrected chi connectivity index (χ2v) is 5.62. The summed E-state index contributed by atoms with van der Waals surface area (Å²) in [6.45, 7) is 0. The van der Waals surface area contributed by atoms with Crippen molar-refractivity contribution in [2.45, 2.75) is 6.42 Å². The van der Waals surface area contributed by atoms with Crippen molar-refractivity contribution < 1.29 is 0 Å². The topological polar surface area (TPSA) is 58.6 Å². The van der Waals surface area contributed by atoms with Gasteiger partial charge in [-0.1, -0.05) is 24.3 Å². The minimum atomic E-state index is -0.0580. The molecule has 3 aromatic heterocycles. The fourth-order valence-corrected chi connectivity index (χ4v) is 2.97. The quantitative estimate of drug-likeness (QED) is 0.629. The lowest BCUT2D eigenvalue weighted by atomic mass is 9.97. The van der Waals surface area contributed by atoms with Crippen LogP contribution < -0.4 is 5.56 Å². The molecular formula is C20H15N3O. The maximum absolute atomic E-state index is 12.7. The Morgan fingerprint density at radius 1 is 0.792 bits per heavy atom. The van der Waals surface area contributed by atoms with Crippen LogP contribution in [0.2, 0.25) is 0 Å². The van der Waals surface area contributed by atoms with Crippen LogP contribution in [0.5, 0.6) is 0 Å². The zero-order valence-electron chi connectivity index (χ0n) is 12.9. The zero-order valence-corrected chi connectivity index (χ0v) is 12.9. The van der Waals surface area contributed by atoms with Crippen molar-refractivity contribution in [2.24, 2.45) is 0 Å². The van der Waals surface area contributed by atoms with Crippen molar-refractivity contribution in [1.82, 2.24) is 15.0 Å². The van der Waals surface area contributed by atoms with Gasteiger partial charge in [-0.3, -0.25) is 14.8 Å². The number of nitrogens with zero attached hydrogens (tertiary/aromatic N) is 2. The van der Waals surface area contributed by atoms with E-state index in [9.17, 15) is 4.79 Å². The van der Waals surface area contributed by atoms with Gasteiger partial charge in [-0.15, -0.1) is 0 Å². The average Bonchev–Trinajstić information content (AvgIpc) is 2.65. The highest BCUT2D eigenvalue weighted by molar-refractivity contribution is 5.96. The number of hydrogen-bond donors (Lipinski definition) is 1. The molecule has 116 valence electrons. The minimum absolute atomic E-state index is 0.0580. The van der Waals surface area contributed by atoms with E-state index in [0.29, 0.717) is 6.42 Å². The van der Waals surface area contributed by atoms with Crippen molar-refractivity contribution in [3.05, 3.63) is 94.8 Å². The Balaban J connectivity index is 1.94. The van der Waals surface area contributed by atoms with Gasteiger partial charge in [-0.2, -0.15) is 0 Å². The van der Waals surface area contributed by atoms with Crippen LogP contribution in [-0.2, 0) is 6.42 Å². The maximum atomic E-state index is 12.7. The number of H-pyrrole nitrogens is 1. The second kappa shape index (κ2) is 6.08. The first kappa shape index (κ1) is 14.3. The summed E-state index contributed by atoms with van der Waals surface area (Å²) in [7, 11) is 0. The first-order valence-electron chi connectivity index (χ1n) is 7.76. The second-order valence-electron chi connectivity index (χ2n) is 5.62. The van der Waals surface area contributed by atoms with E-state index < -0.39 is 0 Å². The van der Waals surface area contributed by atoms with E-state index in [-0.39, 0.29) is 5.56 Å². The van der Waals surface area contributed by atoms with Crippen LogP contribution >= 0.6 is 0 Å². The van der Waals surface area contributed by atoms with Gasteiger partial charge in [0.05, 0.1) is 5.69 Å². The van der Waals surface area contributed by atoms with E-state index >= 15 is 0 Å². The summed E-state index contributed by atoms with van der Waals surface area (Å²) in [4.78, 5) is 23.9. The number of benzene rings is 1. The lowest BCUT2D eigenvalue weighted by Crippen LogP contribution is -2.15. The molecule has 0 aliphatic carbocycles. The highest BCUT2D eigenvalue weighted by Gasteiger charge is 2.12. The molecule has 0 aliphatic heterocycles. The summed E-state index contributed by atoms with van der Waals surface area (Å²) in [5.74, 6) is 0. The highest BCUT2D eigenvalue weighted by atomic mass is 16.1. The molecule has 0 fully saturated rings. The molecule has 24 heavy (non-hydrogen) atoms. The summed E-state index contributed by atoms with van der Waals surface area (Å²) in [5, 5.41) is 2.01. The summed E-state index contributed by atoms with van der Waals surface area (Å²) in [5.41, 5.74) is 3.56. The molecule has 4 nitrogen and oxygen atoms in total. The smallest absolute Gasteiger partial charge is 0.252 e. The Morgan fingerprint density at radius 3 is 2.12 bits per heavy atom. The Labute approximate surface area is 138 Å². The molecule has 0 atom stereocenters. The van der Waals surface area contributed by atoms with Gasteiger partial charge < -0.3 is 4.98 Å². The fourth-order valence-electron chi connectivity index (χ4n) is 2.97. The molecule has 4 heteroatoms. The van der Waals surface area contributed by atoms with Crippen molar-refractivity contribution in [2.75, 3.05) is 0 Å². The molecule has 1 N–H and O–H groups in total. The predicted octanol–water partition coefficient (Wildman–Crippen LogP) is 3.58. The maximum Gasteiger partial charge on any atom is 0.252 e. The van der Waals surface area contributed by atoms with E-state index in [4.69, 9.17) is 0 Å². The van der Waals surface area contributed by atoms with Crippen molar-refractivity contribution in [3.8, 4) is 11.3 Å². The van der Waals surface area contributed by atoms with Gasteiger partial charge >= 0.3 is 0 Å². The van der Waals surface area contributed by atoms with E-state index in [2.05, 4.69) is 15.0 Å². The average molecular weight is 313 g/mol. The molecule has 0 spiro atoms. The van der Waals surface area contributed by atoms with Crippen LogP contribution in [-0.4, -0.2) is 15.0 Å². The Morgan fingerprint density at radius 2 is 1.42 bits per heavy atom. The molecule has 0 unspecified atom stereocenters. The number of aromatic nitrogens is 3. The molecule has 0 radical (unpaired) electrons. The van der Waals surface area contributed by atoms with Crippen LogP contribution in [0.15, 0.2) is 78.1 Å². The number of hydrogen-bond acceptors (Lipinski definition) is 3. The summed E-state index contributed by atoms with van der Waals surface area (Å²) >= 11 is 0. The largest absolute Gasteiger partial charge is 0.321 e. The number of aromatic amines is 1. The summed E-state index contributed by atoms with van der Waals surface area (Å²) in [6, 6.07) is 15.7. The first-order valence-corrected chi connectivity index (χ1v) is 7.76. The molecule has 0 bridgehead atoms. The SMILES string of the molecule is O=c1[nH]c(-c2ccncc2)c2ccccc2c1Cc1ccncc1. The van der Waals surface area contributed by atoms with Gasteiger partial charge in [-0.05, 0) is 35.2 Å². The monoisotopic (exact) mass is 313 g/mol. The Kier molecular flexibility index (Phi) is 3.63. The van der Waals surface area contributed by atoms with Crippen molar-refractivity contribution >= 4 is 10.8 Å². The number of nitrogens with one attached hydrogen (secondary N) is 1. The highest BCUT2D eigenvalue weighted by Crippen LogP contribution is 2.27. The van der Waals surface area contributed by atoms with Crippen LogP contribution in [0.3, 0.4) is 0 Å². The van der Waals surface area contributed by atoms with E-state index in [1.165, 1.54) is 0 Å². The molecule has 0 aliphatic rings. The van der Waals surface area contributed by atoms with Gasteiger partial charge in [-0.25, -0.2) is 0 Å². The van der Waals surface area contributed by atoms with Crippen LogP contribution in [0.4, 0.5) is 0 Å². The van der Waals surface area contributed by atoms with Gasteiger partial charge in [0, 0.05) is 47.7 Å². The lowest BCUT2D eigenvalue weighted by molar-refractivity contribution is 1.11. The molecule has 3 heterocycles. The first-order chi connectivity index (χ1) is 11.8. The number of fused-ring (bicyclic) bond motifs is 1. The Hall–Kier alpha value is -3.27. The standard InChI is InChI=1S/C20H15N3O/c24-20-18(13-14-5-9-21-10-6-14)16-3-1-2-4-17(16)19(23-20)15-7-11-22-12-8-15/h1-12H,13H2,(H,23,24).